The highest BCUT2D eigenvalue weighted by molar-refractivity contribution is 7.89. The molecule has 0 heterocycles. The number of amides is 1. The second-order valence-corrected chi connectivity index (χ2v) is 8.49. The van der Waals surface area contributed by atoms with Crippen LogP contribution in [0.15, 0.2) is 53.4 Å². The Bertz CT molecular complexity index is 891. The molecule has 2 aromatic rings. The summed E-state index contributed by atoms with van der Waals surface area (Å²) < 4.78 is 32.4. The van der Waals surface area contributed by atoms with Gasteiger partial charge in [-0.05, 0) is 56.7 Å². The molecule has 28 heavy (non-hydrogen) atoms. The van der Waals surface area contributed by atoms with E-state index in [1.54, 1.807) is 17.0 Å². The first-order chi connectivity index (χ1) is 13.3. The molecular weight excluding hydrogens is 376 g/mol. The van der Waals surface area contributed by atoms with Gasteiger partial charge >= 0.3 is 0 Å². The van der Waals surface area contributed by atoms with Gasteiger partial charge in [0.05, 0.1) is 4.90 Å². The van der Waals surface area contributed by atoms with Gasteiger partial charge in [-0.2, -0.15) is 4.31 Å². The van der Waals surface area contributed by atoms with E-state index in [0.717, 1.165) is 11.3 Å². The van der Waals surface area contributed by atoms with Crippen LogP contribution in [0.3, 0.4) is 0 Å². The molecule has 0 saturated carbocycles. The fourth-order valence-corrected chi connectivity index (χ4v) is 3.92. The Hall–Kier alpha value is -2.38. The van der Waals surface area contributed by atoms with Crippen LogP contribution in [0.2, 0.25) is 0 Å². The maximum atomic E-state index is 12.7. The van der Waals surface area contributed by atoms with Gasteiger partial charge in [-0.25, -0.2) is 8.42 Å². The lowest BCUT2D eigenvalue weighted by atomic mass is 10.2. The SMILES string of the molecule is CCN(CC)C(=O)c1ccc(S(=O)(=O)N(C)CCOc2ccccc2C)cc1. The van der Waals surface area contributed by atoms with Crippen molar-refractivity contribution in [1.29, 1.82) is 0 Å². The number of hydrogen-bond acceptors (Lipinski definition) is 4. The predicted octanol–water partition coefficient (Wildman–Crippen LogP) is 3.18. The number of rotatable bonds is 9. The Kier molecular flexibility index (Phi) is 7.60. The maximum absolute atomic E-state index is 12.7. The first-order valence-corrected chi connectivity index (χ1v) is 10.8. The average Bonchev–Trinajstić information content (AvgIpc) is 2.70. The van der Waals surface area contributed by atoms with Crippen molar-refractivity contribution in [3.63, 3.8) is 0 Å². The first-order valence-electron chi connectivity index (χ1n) is 9.35. The highest BCUT2D eigenvalue weighted by atomic mass is 32.2. The fourth-order valence-electron chi connectivity index (χ4n) is 2.77. The number of carbonyl (C=O) groups excluding carboxylic acids is 1. The Morgan fingerprint density at radius 2 is 1.61 bits per heavy atom. The topological polar surface area (TPSA) is 66.9 Å². The summed E-state index contributed by atoms with van der Waals surface area (Å²) >= 11 is 0. The number of ether oxygens (including phenoxy) is 1. The molecule has 152 valence electrons. The van der Waals surface area contributed by atoms with E-state index >= 15 is 0 Å². The Labute approximate surface area is 167 Å². The van der Waals surface area contributed by atoms with Crippen LogP contribution in [0.25, 0.3) is 0 Å². The van der Waals surface area contributed by atoms with Crippen molar-refractivity contribution < 1.29 is 17.9 Å². The van der Waals surface area contributed by atoms with E-state index in [2.05, 4.69) is 0 Å². The van der Waals surface area contributed by atoms with Crippen LogP contribution in [0.5, 0.6) is 5.75 Å². The summed E-state index contributed by atoms with van der Waals surface area (Å²) in [6.45, 7) is 7.45. The van der Waals surface area contributed by atoms with Crippen LogP contribution < -0.4 is 4.74 Å². The van der Waals surface area contributed by atoms with Gasteiger partial charge < -0.3 is 9.64 Å². The number of likely N-dealkylation sites (N-methyl/N-ethyl adjacent to an activating group) is 1. The molecule has 0 saturated heterocycles. The minimum absolute atomic E-state index is 0.103. The van der Waals surface area contributed by atoms with Crippen molar-refractivity contribution in [1.82, 2.24) is 9.21 Å². The van der Waals surface area contributed by atoms with Crippen molar-refractivity contribution in [3.8, 4) is 5.75 Å². The van der Waals surface area contributed by atoms with E-state index < -0.39 is 10.0 Å². The van der Waals surface area contributed by atoms with Gasteiger partial charge in [0.25, 0.3) is 5.91 Å². The summed E-state index contributed by atoms with van der Waals surface area (Å²) in [5.74, 6) is 0.640. The van der Waals surface area contributed by atoms with Gasteiger partial charge in [0.1, 0.15) is 12.4 Å². The summed E-state index contributed by atoms with van der Waals surface area (Å²) in [5.41, 5.74) is 1.48. The van der Waals surface area contributed by atoms with Gasteiger partial charge in [0.15, 0.2) is 0 Å². The number of nitrogens with zero attached hydrogens (tertiary/aromatic N) is 2. The third-order valence-corrected chi connectivity index (χ3v) is 6.49. The van der Waals surface area contributed by atoms with Gasteiger partial charge in [0, 0.05) is 32.2 Å². The van der Waals surface area contributed by atoms with Gasteiger partial charge in [-0.1, -0.05) is 18.2 Å². The van der Waals surface area contributed by atoms with Crippen LogP contribution in [-0.2, 0) is 10.0 Å². The second-order valence-electron chi connectivity index (χ2n) is 6.44. The number of para-hydroxylation sites is 1. The Balaban J connectivity index is 2.02. The van der Waals surface area contributed by atoms with Crippen LogP contribution in [0.1, 0.15) is 29.8 Å². The highest BCUT2D eigenvalue weighted by Gasteiger charge is 2.21. The molecule has 0 radical (unpaired) electrons. The molecular formula is C21H28N2O4S. The summed E-state index contributed by atoms with van der Waals surface area (Å²) in [5, 5.41) is 0. The maximum Gasteiger partial charge on any atom is 0.253 e. The van der Waals surface area contributed by atoms with Gasteiger partial charge in [-0.15, -0.1) is 0 Å². The van der Waals surface area contributed by atoms with Crippen LogP contribution in [0.4, 0.5) is 0 Å². The number of carbonyl (C=O) groups is 1. The van der Waals surface area contributed by atoms with E-state index in [-0.39, 0.29) is 24.0 Å². The quantitative estimate of drug-likeness (QED) is 0.644. The minimum Gasteiger partial charge on any atom is -0.492 e. The lowest BCUT2D eigenvalue weighted by molar-refractivity contribution is 0.0773. The fraction of sp³-hybridized carbons (Fsp3) is 0.381. The molecule has 0 atom stereocenters. The van der Waals surface area contributed by atoms with E-state index in [0.29, 0.717) is 18.7 Å². The monoisotopic (exact) mass is 404 g/mol. The predicted molar refractivity (Wildman–Crippen MR) is 110 cm³/mol. The smallest absolute Gasteiger partial charge is 0.253 e. The third-order valence-electron chi connectivity index (χ3n) is 4.62. The molecule has 0 bridgehead atoms. The highest BCUT2D eigenvalue weighted by Crippen LogP contribution is 2.18. The van der Waals surface area contributed by atoms with E-state index in [9.17, 15) is 13.2 Å². The zero-order chi connectivity index (χ0) is 20.7. The van der Waals surface area contributed by atoms with E-state index in [1.807, 2.05) is 45.0 Å². The van der Waals surface area contributed by atoms with Crippen LogP contribution in [-0.4, -0.2) is 56.8 Å². The molecule has 1 amide bonds. The van der Waals surface area contributed by atoms with Crippen molar-refractivity contribution in [2.45, 2.75) is 25.7 Å². The molecule has 7 heteroatoms. The normalized spacial score (nSPS) is 11.5. The molecule has 0 unspecified atom stereocenters. The molecule has 2 rings (SSSR count). The third kappa shape index (κ3) is 5.11. The molecule has 0 aliphatic rings. The Morgan fingerprint density at radius 1 is 1.00 bits per heavy atom. The first kappa shape index (κ1) is 21.9. The lowest BCUT2D eigenvalue weighted by Gasteiger charge is -2.20. The van der Waals surface area contributed by atoms with Crippen molar-refractivity contribution >= 4 is 15.9 Å². The standard InChI is InChI=1S/C21H28N2O4S/c1-5-23(6-2)21(24)18-11-13-19(14-12-18)28(25,26)22(4)15-16-27-20-10-8-7-9-17(20)3/h7-14H,5-6,15-16H2,1-4H3. The summed E-state index contributed by atoms with van der Waals surface area (Å²) in [6.07, 6.45) is 0. The van der Waals surface area contributed by atoms with Crippen molar-refractivity contribution in [2.75, 3.05) is 33.3 Å². The van der Waals surface area contributed by atoms with Crippen LogP contribution in [0, 0.1) is 6.92 Å². The largest absolute Gasteiger partial charge is 0.492 e. The number of benzene rings is 2. The zero-order valence-electron chi connectivity index (χ0n) is 16.9. The van der Waals surface area contributed by atoms with Crippen molar-refractivity contribution in [2.24, 2.45) is 0 Å². The molecule has 6 nitrogen and oxygen atoms in total. The summed E-state index contributed by atoms with van der Waals surface area (Å²) in [6, 6.07) is 13.7. The van der Waals surface area contributed by atoms with E-state index in [1.165, 1.54) is 23.5 Å². The summed E-state index contributed by atoms with van der Waals surface area (Å²) in [4.78, 5) is 14.2. The van der Waals surface area contributed by atoms with E-state index in [4.69, 9.17) is 4.74 Å². The van der Waals surface area contributed by atoms with Gasteiger partial charge in [0.2, 0.25) is 10.0 Å². The molecule has 0 aliphatic heterocycles. The van der Waals surface area contributed by atoms with Crippen molar-refractivity contribution in [3.05, 3.63) is 59.7 Å². The number of aryl methyl sites for hydroxylation is 1. The molecule has 0 spiro atoms. The zero-order valence-corrected chi connectivity index (χ0v) is 17.7. The number of hydrogen-bond donors (Lipinski definition) is 0. The summed E-state index contributed by atoms with van der Waals surface area (Å²) in [7, 11) is -2.13. The molecule has 0 aromatic heterocycles. The molecule has 2 aromatic carbocycles. The van der Waals surface area contributed by atoms with Crippen LogP contribution >= 0.6 is 0 Å². The lowest BCUT2D eigenvalue weighted by Crippen LogP contribution is -2.31. The Morgan fingerprint density at radius 3 is 2.18 bits per heavy atom. The minimum atomic E-state index is -3.65. The average molecular weight is 405 g/mol. The molecule has 0 N–H and O–H groups in total. The molecule has 0 fully saturated rings. The molecule has 0 aliphatic carbocycles. The van der Waals surface area contributed by atoms with Gasteiger partial charge in [-0.3, -0.25) is 4.79 Å². The second kappa shape index (κ2) is 9.71. The number of sulfonamides is 1.